The quantitative estimate of drug-likeness (QED) is 0.110. The molecule has 3 aromatic carbocycles. The summed E-state index contributed by atoms with van der Waals surface area (Å²) in [6.45, 7) is 6.04. The van der Waals surface area contributed by atoms with Crippen LogP contribution in [0.15, 0.2) is 66.1 Å². The molecule has 5 rings (SSSR count). The molecule has 1 aliphatic heterocycles. The second-order valence-corrected chi connectivity index (χ2v) is 10.3. The van der Waals surface area contributed by atoms with E-state index in [1.165, 1.54) is 44.4 Å². The first kappa shape index (κ1) is 28.6. The molecule has 1 aromatic heterocycles. The summed E-state index contributed by atoms with van der Waals surface area (Å²) >= 11 is 6.05. The highest BCUT2D eigenvalue weighted by Gasteiger charge is 2.14. The topological polar surface area (TPSA) is 81.1 Å². The third-order valence-corrected chi connectivity index (χ3v) is 7.35. The van der Waals surface area contributed by atoms with E-state index in [1.807, 2.05) is 43.3 Å². The van der Waals surface area contributed by atoms with Crippen LogP contribution in [0.1, 0.15) is 37.3 Å². The van der Waals surface area contributed by atoms with E-state index in [-0.39, 0.29) is 6.61 Å². The van der Waals surface area contributed by atoms with Crippen LogP contribution < -0.4 is 14.8 Å². The van der Waals surface area contributed by atoms with Gasteiger partial charge >= 0.3 is 0 Å². The highest BCUT2D eigenvalue weighted by Crippen LogP contribution is 2.35. The summed E-state index contributed by atoms with van der Waals surface area (Å²) in [7, 11) is 1.63. The fraction of sp³-hybridized carbons (Fsp3) is 0.323. The van der Waals surface area contributed by atoms with Gasteiger partial charge in [0, 0.05) is 29.2 Å². The third-order valence-electron chi connectivity index (χ3n) is 7.00. The first-order chi connectivity index (χ1) is 20.0. The first-order valence-electron chi connectivity index (χ1n) is 13.7. The number of fused-ring (bicyclic) bond motifs is 1. The number of nitrogens with one attached hydrogen (secondary N) is 1. The molecular formula is C31H33ClFN5O3. The maximum atomic E-state index is 13.2. The van der Waals surface area contributed by atoms with E-state index in [0.29, 0.717) is 40.2 Å². The molecule has 4 aromatic rings. The molecule has 0 saturated carbocycles. The minimum atomic E-state index is -0.390. The number of methoxy groups -OCH3 is 1. The molecule has 1 aliphatic rings. The largest absolute Gasteiger partial charge is 0.493 e. The van der Waals surface area contributed by atoms with Gasteiger partial charge in [0.05, 0.1) is 30.0 Å². The van der Waals surface area contributed by atoms with Crippen LogP contribution in [0.25, 0.3) is 10.9 Å². The van der Waals surface area contributed by atoms with Crippen LogP contribution in [0.3, 0.4) is 0 Å². The minimum Gasteiger partial charge on any atom is -0.493 e. The number of nitrogens with zero attached hydrogens (tertiary/aromatic N) is 4. The summed E-state index contributed by atoms with van der Waals surface area (Å²) in [6, 6.07) is 15.7. The smallest absolute Gasteiger partial charge is 0.163 e. The van der Waals surface area contributed by atoms with Crippen molar-refractivity contribution in [1.29, 1.82) is 0 Å². The zero-order chi connectivity index (χ0) is 28.6. The van der Waals surface area contributed by atoms with Crippen molar-refractivity contribution in [1.82, 2.24) is 14.9 Å². The number of hydrogen-bond donors (Lipinski definition) is 1. The van der Waals surface area contributed by atoms with E-state index in [0.717, 1.165) is 35.1 Å². The van der Waals surface area contributed by atoms with E-state index in [1.54, 1.807) is 13.2 Å². The van der Waals surface area contributed by atoms with Crippen molar-refractivity contribution in [3.8, 4) is 11.5 Å². The fourth-order valence-corrected chi connectivity index (χ4v) is 4.96. The number of ether oxygens (including phenoxy) is 2. The number of anilines is 2. The molecule has 0 bridgehead atoms. The summed E-state index contributed by atoms with van der Waals surface area (Å²) in [5, 5.41) is 8.68. The Morgan fingerprint density at radius 3 is 2.61 bits per heavy atom. The van der Waals surface area contributed by atoms with E-state index < -0.39 is 5.82 Å². The Balaban J connectivity index is 1.22. The summed E-state index contributed by atoms with van der Waals surface area (Å²) in [6.07, 6.45) is 5.08. The van der Waals surface area contributed by atoms with Gasteiger partial charge in [-0.05, 0) is 75.2 Å². The molecule has 0 aliphatic carbocycles. The zero-order valence-corrected chi connectivity index (χ0v) is 24.0. The standard InChI is InChI=1S/C31H33ClFN5O3/c1-21(37-41-19-23-6-9-24(33)16-27(23)32)22-7-10-25(11-8-22)36-31-26-17-29(39-2)30(18-28(26)34-20-35-31)40-15-5-14-38-12-3-4-13-38/h6-11,16-18,20H,3-5,12-15,19H2,1-2H3,(H,34,35,36). The Kier molecular flexibility index (Phi) is 9.48. The molecule has 0 spiro atoms. The molecule has 1 fully saturated rings. The summed E-state index contributed by atoms with van der Waals surface area (Å²) in [5.74, 6) is 1.58. The monoisotopic (exact) mass is 577 g/mol. The van der Waals surface area contributed by atoms with Gasteiger partial charge in [0.25, 0.3) is 0 Å². The number of aromatic nitrogens is 2. The second-order valence-electron chi connectivity index (χ2n) is 9.88. The lowest BCUT2D eigenvalue weighted by Crippen LogP contribution is -2.21. The summed E-state index contributed by atoms with van der Waals surface area (Å²) < 4.78 is 24.9. The maximum Gasteiger partial charge on any atom is 0.163 e. The Labute approximate surface area is 244 Å². The van der Waals surface area contributed by atoms with Crippen LogP contribution >= 0.6 is 11.6 Å². The molecule has 1 N–H and O–H groups in total. The lowest BCUT2D eigenvalue weighted by molar-refractivity contribution is 0.130. The van der Waals surface area contributed by atoms with E-state index >= 15 is 0 Å². The Bertz CT molecular complexity index is 1510. The van der Waals surface area contributed by atoms with Gasteiger partial charge in [-0.2, -0.15) is 0 Å². The molecule has 2 heterocycles. The lowest BCUT2D eigenvalue weighted by Gasteiger charge is -2.16. The van der Waals surface area contributed by atoms with Gasteiger partial charge in [0.1, 0.15) is 24.6 Å². The lowest BCUT2D eigenvalue weighted by atomic mass is 10.1. The molecule has 0 unspecified atom stereocenters. The molecule has 8 nitrogen and oxygen atoms in total. The average Bonchev–Trinajstić information content (AvgIpc) is 3.50. The summed E-state index contributed by atoms with van der Waals surface area (Å²) in [4.78, 5) is 16.8. The average molecular weight is 578 g/mol. The van der Waals surface area contributed by atoms with Gasteiger partial charge in [-0.15, -0.1) is 0 Å². The molecule has 0 radical (unpaired) electrons. The fourth-order valence-electron chi connectivity index (χ4n) is 4.73. The van der Waals surface area contributed by atoms with Crippen molar-refractivity contribution in [3.63, 3.8) is 0 Å². The first-order valence-corrected chi connectivity index (χ1v) is 14.0. The highest BCUT2D eigenvalue weighted by molar-refractivity contribution is 6.31. The SMILES string of the molecule is COc1cc2c(Nc3ccc(C(C)=NOCc4ccc(F)cc4Cl)cc3)ncnc2cc1OCCCN1CCCC1. The molecule has 41 heavy (non-hydrogen) atoms. The third kappa shape index (κ3) is 7.42. The van der Waals surface area contributed by atoms with E-state index in [4.69, 9.17) is 25.9 Å². The summed E-state index contributed by atoms with van der Waals surface area (Å²) in [5.41, 5.74) is 3.85. The van der Waals surface area contributed by atoms with Crippen molar-refractivity contribution in [2.24, 2.45) is 5.16 Å². The minimum absolute atomic E-state index is 0.145. The Hall–Kier alpha value is -3.95. The van der Waals surface area contributed by atoms with Crippen molar-refractivity contribution < 1.29 is 18.7 Å². The van der Waals surface area contributed by atoms with Crippen LogP contribution in [0.4, 0.5) is 15.9 Å². The molecule has 214 valence electrons. The molecule has 0 atom stereocenters. The van der Waals surface area contributed by atoms with Crippen LogP contribution in [-0.2, 0) is 11.4 Å². The van der Waals surface area contributed by atoms with Gasteiger partial charge < -0.3 is 24.5 Å². The van der Waals surface area contributed by atoms with E-state index in [9.17, 15) is 4.39 Å². The molecular weight excluding hydrogens is 545 g/mol. The number of halogens is 2. The number of benzene rings is 3. The van der Waals surface area contributed by atoms with Gasteiger partial charge in [-0.3, -0.25) is 0 Å². The van der Waals surface area contributed by atoms with E-state index in [2.05, 4.69) is 25.3 Å². The number of hydrogen-bond acceptors (Lipinski definition) is 8. The Morgan fingerprint density at radius 2 is 1.85 bits per heavy atom. The molecule has 0 amide bonds. The zero-order valence-electron chi connectivity index (χ0n) is 23.2. The van der Waals surface area contributed by atoms with Gasteiger partial charge in [-0.25, -0.2) is 14.4 Å². The van der Waals surface area contributed by atoms with Crippen LogP contribution in [0.2, 0.25) is 5.02 Å². The number of likely N-dealkylation sites (tertiary alicyclic amines) is 1. The van der Waals surface area contributed by atoms with Gasteiger partial charge in [0.15, 0.2) is 11.5 Å². The predicted octanol–water partition coefficient (Wildman–Crippen LogP) is 6.98. The van der Waals surface area contributed by atoms with Crippen LogP contribution in [-0.4, -0.2) is 53.9 Å². The highest BCUT2D eigenvalue weighted by atomic mass is 35.5. The molecule has 10 heteroatoms. The van der Waals surface area contributed by atoms with Crippen LogP contribution in [0.5, 0.6) is 11.5 Å². The van der Waals surface area contributed by atoms with Crippen molar-refractivity contribution in [2.45, 2.75) is 32.8 Å². The van der Waals surface area contributed by atoms with Crippen LogP contribution in [0, 0.1) is 5.82 Å². The number of oxime groups is 1. The van der Waals surface area contributed by atoms with Crippen molar-refractivity contribution in [2.75, 3.05) is 38.7 Å². The number of rotatable bonds is 12. The maximum absolute atomic E-state index is 13.2. The van der Waals surface area contributed by atoms with Crippen molar-refractivity contribution in [3.05, 3.63) is 82.9 Å². The second kappa shape index (κ2) is 13.6. The van der Waals surface area contributed by atoms with Crippen molar-refractivity contribution >= 4 is 39.7 Å². The molecule has 1 saturated heterocycles. The van der Waals surface area contributed by atoms with Gasteiger partial charge in [-0.1, -0.05) is 35.0 Å². The Morgan fingerprint density at radius 1 is 1.05 bits per heavy atom. The van der Waals surface area contributed by atoms with Gasteiger partial charge in [0.2, 0.25) is 0 Å². The normalized spacial score (nSPS) is 13.9. The predicted molar refractivity (Wildman–Crippen MR) is 160 cm³/mol.